The first-order chi connectivity index (χ1) is 17.3. The molecule has 0 saturated heterocycles. The summed E-state index contributed by atoms with van der Waals surface area (Å²) >= 11 is 11.1. The first-order valence-corrected chi connectivity index (χ1v) is 14.7. The molecule has 8 heteroatoms. The molecule has 5 nitrogen and oxygen atoms in total. The lowest BCUT2D eigenvalue weighted by Crippen LogP contribution is -2.42. The van der Waals surface area contributed by atoms with Crippen molar-refractivity contribution in [3.63, 3.8) is 0 Å². The van der Waals surface area contributed by atoms with Crippen LogP contribution in [-0.2, 0) is 30.6 Å². The first-order valence-electron chi connectivity index (χ1n) is 12.9. The zero-order valence-electron chi connectivity index (χ0n) is 24.4. The van der Waals surface area contributed by atoms with Gasteiger partial charge in [-0.3, -0.25) is 8.37 Å². The number of halogens is 2. The lowest BCUT2D eigenvalue weighted by Gasteiger charge is -2.31. The molecule has 38 heavy (non-hydrogen) atoms. The van der Waals surface area contributed by atoms with Crippen LogP contribution in [0.2, 0.25) is 0 Å². The maximum atomic E-state index is 12.4. The van der Waals surface area contributed by atoms with Gasteiger partial charge in [-0.2, -0.15) is 4.21 Å². The molecule has 2 aromatic rings. The Hall–Kier alpha value is -1.31. The van der Waals surface area contributed by atoms with E-state index < -0.39 is 33.3 Å². The standard InChI is InChI=1S/C30H44Cl2O5S/c1-27(2,3)21-11-15-23(16-12-21)36-29(7,8)25(31)19-34-38(33)35-20-26(32)30(9,10)37-24-17-13-22(14-18-24)28(4,5)6/h11-18,25-26H,19-20H2,1-10H3. The molecule has 0 heterocycles. The highest BCUT2D eigenvalue weighted by Crippen LogP contribution is 2.30. The molecule has 0 radical (unpaired) electrons. The van der Waals surface area contributed by atoms with Crippen LogP contribution in [0.4, 0.5) is 0 Å². The fourth-order valence-corrected chi connectivity index (χ4v) is 4.37. The third-order valence-corrected chi connectivity index (χ3v) is 8.29. The molecule has 0 fully saturated rings. The maximum absolute atomic E-state index is 12.4. The van der Waals surface area contributed by atoms with Crippen molar-refractivity contribution < 1.29 is 22.0 Å². The predicted molar refractivity (Wildman–Crippen MR) is 159 cm³/mol. The van der Waals surface area contributed by atoms with Crippen molar-refractivity contribution in [1.29, 1.82) is 0 Å². The summed E-state index contributed by atoms with van der Waals surface area (Å²) in [5.74, 6) is 1.40. The first kappa shape index (κ1) is 32.9. The second-order valence-corrected chi connectivity index (χ2v) is 14.6. The lowest BCUT2D eigenvalue weighted by molar-refractivity contribution is 0.0776. The van der Waals surface area contributed by atoms with Crippen LogP contribution >= 0.6 is 23.2 Å². The summed E-state index contributed by atoms with van der Waals surface area (Å²) in [6.07, 6.45) is 0. The van der Waals surface area contributed by atoms with Gasteiger partial charge >= 0.3 is 11.4 Å². The monoisotopic (exact) mass is 586 g/mol. The van der Waals surface area contributed by atoms with Crippen molar-refractivity contribution in [2.24, 2.45) is 0 Å². The van der Waals surface area contributed by atoms with Crippen molar-refractivity contribution >= 4 is 34.6 Å². The summed E-state index contributed by atoms with van der Waals surface area (Å²) in [6.45, 7) is 20.3. The fourth-order valence-electron chi connectivity index (χ4n) is 3.45. The van der Waals surface area contributed by atoms with Gasteiger partial charge in [-0.25, -0.2) is 0 Å². The Kier molecular flexibility index (Phi) is 11.2. The number of benzene rings is 2. The van der Waals surface area contributed by atoms with Crippen molar-refractivity contribution in [2.75, 3.05) is 13.2 Å². The van der Waals surface area contributed by atoms with Crippen LogP contribution in [0.25, 0.3) is 0 Å². The molecule has 0 spiro atoms. The summed E-state index contributed by atoms with van der Waals surface area (Å²) in [5, 5.41) is -1.17. The van der Waals surface area contributed by atoms with Crippen LogP contribution in [0.5, 0.6) is 11.5 Å². The van der Waals surface area contributed by atoms with Crippen LogP contribution < -0.4 is 9.47 Å². The normalized spacial score (nSPS) is 15.6. The van der Waals surface area contributed by atoms with Crippen LogP contribution in [0.15, 0.2) is 48.5 Å². The third-order valence-electron chi connectivity index (χ3n) is 6.33. The minimum absolute atomic E-state index is 0.0335. The van der Waals surface area contributed by atoms with Crippen molar-refractivity contribution in [3.8, 4) is 11.5 Å². The molecule has 2 aromatic carbocycles. The Bertz CT molecular complexity index is 955. The molecule has 2 atom stereocenters. The zero-order chi connectivity index (χ0) is 28.9. The van der Waals surface area contributed by atoms with Crippen molar-refractivity contribution in [1.82, 2.24) is 0 Å². The van der Waals surface area contributed by atoms with Gasteiger partial charge in [0.05, 0.1) is 24.0 Å². The van der Waals surface area contributed by atoms with E-state index in [1.165, 1.54) is 11.1 Å². The third kappa shape index (κ3) is 10.0. The van der Waals surface area contributed by atoms with E-state index in [1.807, 2.05) is 76.2 Å². The Morgan fingerprint density at radius 1 is 0.605 bits per heavy atom. The van der Waals surface area contributed by atoms with Gasteiger partial charge < -0.3 is 9.47 Å². The number of hydrogen-bond donors (Lipinski definition) is 0. The number of ether oxygens (including phenoxy) is 2. The van der Waals surface area contributed by atoms with Crippen LogP contribution in [-0.4, -0.2) is 39.4 Å². The van der Waals surface area contributed by atoms with Crippen LogP contribution in [0.3, 0.4) is 0 Å². The summed E-state index contributed by atoms with van der Waals surface area (Å²) in [7, 11) is 0. The summed E-state index contributed by atoms with van der Waals surface area (Å²) in [6, 6.07) is 15.9. The second-order valence-electron chi connectivity index (χ2n) is 12.7. The average Bonchev–Trinajstić information content (AvgIpc) is 2.79. The quantitative estimate of drug-likeness (QED) is 0.235. The predicted octanol–water partition coefficient (Wildman–Crippen LogP) is 8.12. The lowest BCUT2D eigenvalue weighted by atomic mass is 9.87. The molecule has 0 bridgehead atoms. The molecule has 0 aromatic heterocycles. The number of hydrogen-bond acceptors (Lipinski definition) is 5. The van der Waals surface area contributed by atoms with Crippen molar-refractivity contribution in [2.45, 2.75) is 102 Å². The summed E-state index contributed by atoms with van der Waals surface area (Å²) in [5.41, 5.74) is 0.991. The molecular formula is C30H44Cl2O5S. The van der Waals surface area contributed by atoms with Crippen LogP contribution in [0, 0.1) is 0 Å². The van der Waals surface area contributed by atoms with Gasteiger partial charge in [0, 0.05) is 0 Å². The van der Waals surface area contributed by atoms with Crippen molar-refractivity contribution in [3.05, 3.63) is 59.7 Å². The van der Waals surface area contributed by atoms with Gasteiger partial charge in [-0.05, 0) is 73.9 Å². The van der Waals surface area contributed by atoms with Crippen LogP contribution in [0.1, 0.15) is 80.4 Å². The highest BCUT2D eigenvalue weighted by atomic mass is 35.5. The van der Waals surface area contributed by atoms with Gasteiger partial charge in [-0.1, -0.05) is 65.8 Å². The Balaban J connectivity index is 1.82. The molecule has 0 amide bonds. The van der Waals surface area contributed by atoms with E-state index in [1.54, 1.807) is 0 Å². The minimum Gasteiger partial charge on any atom is -0.486 e. The number of rotatable bonds is 12. The zero-order valence-corrected chi connectivity index (χ0v) is 26.7. The van der Waals surface area contributed by atoms with Gasteiger partial charge in [0.25, 0.3) is 0 Å². The maximum Gasteiger partial charge on any atom is 0.304 e. The van der Waals surface area contributed by atoms with Gasteiger partial charge in [0.2, 0.25) is 0 Å². The molecule has 0 aliphatic carbocycles. The molecular weight excluding hydrogens is 543 g/mol. The largest absolute Gasteiger partial charge is 0.486 e. The highest BCUT2D eigenvalue weighted by Gasteiger charge is 2.33. The highest BCUT2D eigenvalue weighted by molar-refractivity contribution is 7.75. The van der Waals surface area contributed by atoms with E-state index in [2.05, 4.69) is 41.5 Å². The topological polar surface area (TPSA) is 54.0 Å². The Morgan fingerprint density at radius 3 is 1.16 bits per heavy atom. The molecule has 0 saturated carbocycles. The van der Waals surface area contributed by atoms with E-state index in [4.69, 9.17) is 41.0 Å². The SMILES string of the molecule is CC(C)(C)c1ccc(OC(C)(C)C(Cl)COS(=O)OCC(Cl)C(C)(C)Oc2ccc(C(C)(C)C)cc2)cc1. The van der Waals surface area contributed by atoms with Gasteiger partial charge in [0.1, 0.15) is 22.7 Å². The van der Waals surface area contributed by atoms with E-state index in [0.29, 0.717) is 11.5 Å². The second kappa shape index (κ2) is 12.9. The van der Waals surface area contributed by atoms with Gasteiger partial charge in [0.15, 0.2) is 0 Å². The van der Waals surface area contributed by atoms with E-state index in [-0.39, 0.29) is 24.0 Å². The average molecular weight is 588 g/mol. The molecule has 214 valence electrons. The molecule has 0 aliphatic heterocycles. The fraction of sp³-hybridized carbons (Fsp3) is 0.600. The molecule has 2 unspecified atom stereocenters. The molecule has 2 rings (SSSR count). The summed E-state index contributed by atoms with van der Waals surface area (Å²) < 4.78 is 35.3. The minimum atomic E-state index is -2.03. The van der Waals surface area contributed by atoms with E-state index >= 15 is 0 Å². The smallest absolute Gasteiger partial charge is 0.304 e. The molecule has 0 N–H and O–H groups in total. The number of alkyl halides is 2. The van der Waals surface area contributed by atoms with E-state index in [9.17, 15) is 4.21 Å². The molecule has 0 aliphatic rings. The van der Waals surface area contributed by atoms with Gasteiger partial charge in [-0.15, -0.1) is 23.2 Å². The Morgan fingerprint density at radius 2 is 0.895 bits per heavy atom. The Labute approximate surface area is 242 Å². The summed E-state index contributed by atoms with van der Waals surface area (Å²) in [4.78, 5) is 0. The van der Waals surface area contributed by atoms with E-state index in [0.717, 1.165) is 0 Å².